The maximum Gasteiger partial charge on any atom is 0.279 e. The molecule has 3 aromatic rings. The molecule has 0 aromatic heterocycles. The normalized spacial score (nSPS) is 11.8. The van der Waals surface area contributed by atoms with Gasteiger partial charge >= 0.3 is 0 Å². The van der Waals surface area contributed by atoms with Crippen LogP contribution in [0.25, 0.3) is 11.1 Å². The van der Waals surface area contributed by atoms with Crippen molar-refractivity contribution in [3.63, 3.8) is 0 Å². The highest BCUT2D eigenvalue weighted by Crippen LogP contribution is 2.27. The maximum absolute atomic E-state index is 13.8. The molecule has 0 fully saturated rings. The predicted octanol–water partition coefficient (Wildman–Crippen LogP) is 3.15. The van der Waals surface area contributed by atoms with Crippen molar-refractivity contribution in [3.05, 3.63) is 90.2 Å². The zero-order chi connectivity index (χ0) is 18.4. The van der Waals surface area contributed by atoms with Gasteiger partial charge in [0.1, 0.15) is 12.4 Å². The average Bonchev–Trinajstić information content (AvgIpc) is 2.64. The van der Waals surface area contributed by atoms with E-state index < -0.39 is 0 Å². The van der Waals surface area contributed by atoms with Crippen LogP contribution in [0.5, 0.6) is 0 Å². The van der Waals surface area contributed by atoms with Crippen LogP contribution < -0.4 is 10.2 Å². The molecule has 1 atom stereocenters. The largest absolute Gasteiger partial charge is 0.326 e. The van der Waals surface area contributed by atoms with Gasteiger partial charge in [-0.15, -0.1) is 0 Å². The van der Waals surface area contributed by atoms with E-state index in [1.807, 2.05) is 67.7 Å². The molecule has 0 heterocycles. The molecule has 4 heteroatoms. The van der Waals surface area contributed by atoms with E-state index in [-0.39, 0.29) is 18.3 Å². The van der Waals surface area contributed by atoms with E-state index >= 15 is 0 Å². The summed E-state index contributed by atoms with van der Waals surface area (Å²) in [5.74, 6) is -0.330. The van der Waals surface area contributed by atoms with Crippen LogP contribution >= 0.6 is 0 Å². The quantitative estimate of drug-likeness (QED) is 0.704. The SMILES string of the molecule is C[NH+](CC(=O)Nc1ccccc1-c1ccccc1)Cc1ccccc1F. The van der Waals surface area contributed by atoms with Crippen LogP contribution in [0.15, 0.2) is 78.9 Å². The summed E-state index contributed by atoms with van der Waals surface area (Å²) in [6.07, 6.45) is 0. The highest BCUT2D eigenvalue weighted by Gasteiger charge is 2.14. The molecule has 0 aliphatic heterocycles. The van der Waals surface area contributed by atoms with Gasteiger partial charge < -0.3 is 10.2 Å². The summed E-state index contributed by atoms with van der Waals surface area (Å²) < 4.78 is 13.8. The molecular formula is C22H22FN2O+. The molecule has 1 unspecified atom stereocenters. The zero-order valence-corrected chi connectivity index (χ0v) is 14.7. The molecule has 3 rings (SSSR count). The fourth-order valence-corrected chi connectivity index (χ4v) is 2.96. The Hall–Kier alpha value is -2.98. The number of para-hydroxylation sites is 1. The first-order chi connectivity index (χ1) is 12.6. The average molecular weight is 349 g/mol. The number of rotatable bonds is 6. The van der Waals surface area contributed by atoms with Crippen LogP contribution in [0.1, 0.15) is 5.56 Å². The molecule has 3 nitrogen and oxygen atoms in total. The number of hydrogen-bond donors (Lipinski definition) is 2. The van der Waals surface area contributed by atoms with E-state index in [2.05, 4.69) is 5.32 Å². The molecule has 1 amide bonds. The lowest BCUT2D eigenvalue weighted by atomic mass is 10.0. The first-order valence-corrected chi connectivity index (χ1v) is 8.62. The summed E-state index contributed by atoms with van der Waals surface area (Å²) in [4.78, 5) is 13.4. The summed E-state index contributed by atoms with van der Waals surface area (Å²) >= 11 is 0. The second kappa shape index (κ2) is 8.41. The summed E-state index contributed by atoms with van der Waals surface area (Å²) in [5.41, 5.74) is 3.42. The van der Waals surface area contributed by atoms with Gasteiger partial charge in [0.2, 0.25) is 0 Å². The molecule has 0 bridgehead atoms. The van der Waals surface area contributed by atoms with Crippen molar-refractivity contribution in [2.75, 3.05) is 18.9 Å². The number of anilines is 1. The highest BCUT2D eigenvalue weighted by atomic mass is 19.1. The van der Waals surface area contributed by atoms with Crippen molar-refractivity contribution >= 4 is 11.6 Å². The number of likely N-dealkylation sites (N-methyl/N-ethyl adjacent to an activating group) is 1. The second-order valence-corrected chi connectivity index (χ2v) is 6.36. The lowest BCUT2D eigenvalue weighted by molar-refractivity contribution is -0.885. The first kappa shape index (κ1) is 17.8. The number of amides is 1. The number of halogens is 1. The van der Waals surface area contributed by atoms with E-state index in [0.717, 1.165) is 21.7 Å². The molecule has 0 aliphatic carbocycles. The van der Waals surface area contributed by atoms with Crippen molar-refractivity contribution in [2.45, 2.75) is 6.54 Å². The van der Waals surface area contributed by atoms with Gasteiger partial charge in [-0.1, -0.05) is 66.7 Å². The molecular weight excluding hydrogens is 327 g/mol. The number of carbonyl (C=O) groups excluding carboxylic acids is 1. The minimum atomic E-state index is -0.235. The monoisotopic (exact) mass is 349 g/mol. The van der Waals surface area contributed by atoms with E-state index in [0.29, 0.717) is 12.1 Å². The van der Waals surface area contributed by atoms with Gasteiger partial charge in [0.25, 0.3) is 5.91 Å². The number of hydrogen-bond acceptors (Lipinski definition) is 1. The van der Waals surface area contributed by atoms with Gasteiger partial charge in [0.05, 0.1) is 7.05 Å². The van der Waals surface area contributed by atoms with E-state index in [1.54, 1.807) is 12.1 Å². The van der Waals surface area contributed by atoms with Crippen molar-refractivity contribution in [3.8, 4) is 11.1 Å². The van der Waals surface area contributed by atoms with Crippen LogP contribution in [0, 0.1) is 5.82 Å². The molecule has 0 saturated carbocycles. The van der Waals surface area contributed by atoms with E-state index in [4.69, 9.17) is 0 Å². The molecule has 2 N–H and O–H groups in total. The fraction of sp³-hybridized carbons (Fsp3) is 0.136. The fourth-order valence-electron chi connectivity index (χ4n) is 2.96. The van der Waals surface area contributed by atoms with Gasteiger partial charge in [-0.25, -0.2) is 4.39 Å². The molecule has 3 aromatic carbocycles. The van der Waals surface area contributed by atoms with Crippen molar-refractivity contribution in [1.29, 1.82) is 0 Å². The molecule has 0 saturated heterocycles. The summed E-state index contributed by atoms with van der Waals surface area (Å²) in [6, 6.07) is 24.3. The van der Waals surface area contributed by atoms with Crippen molar-refractivity contribution in [1.82, 2.24) is 0 Å². The lowest BCUT2D eigenvalue weighted by Gasteiger charge is -2.16. The third-order valence-electron chi connectivity index (χ3n) is 4.20. The number of quaternary nitrogens is 1. The maximum atomic E-state index is 13.8. The Balaban J connectivity index is 1.66. The van der Waals surface area contributed by atoms with E-state index in [9.17, 15) is 9.18 Å². The van der Waals surface area contributed by atoms with Gasteiger partial charge in [-0.2, -0.15) is 0 Å². The van der Waals surface area contributed by atoms with Gasteiger partial charge in [-0.05, 0) is 17.7 Å². The third kappa shape index (κ3) is 4.55. The first-order valence-electron chi connectivity index (χ1n) is 8.62. The molecule has 132 valence electrons. The molecule has 0 aliphatic rings. The molecule has 26 heavy (non-hydrogen) atoms. The van der Waals surface area contributed by atoms with Crippen LogP contribution in [-0.4, -0.2) is 19.5 Å². The topological polar surface area (TPSA) is 33.5 Å². The Morgan fingerprint density at radius 1 is 0.923 bits per heavy atom. The van der Waals surface area contributed by atoms with Gasteiger partial charge in [0.15, 0.2) is 6.54 Å². The Morgan fingerprint density at radius 2 is 1.58 bits per heavy atom. The van der Waals surface area contributed by atoms with Crippen LogP contribution in [0.2, 0.25) is 0 Å². The standard InChI is InChI=1S/C22H21FN2O/c1-25(15-18-11-5-7-13-20(18)23)16-22(26)24-21-14-8-6-12-19(21)17-9-3-2-4-10-17/h2-14H,15-16H2,1H3,(H,24,26)/p+1. The second-order valence-electron chi connectivity index (χ2n) is 6.36. The van der Waals surface area contributed by atoms with Crippen LogP contribution in [0.4, 0.5) is 10.1 Å². The summed E-state index contributed by atoms with van der Waals surface area (Å²) in [7, 11) is 1.88. The Kier molecular flexibility index (Phi) is 5.77. The van der Waals surface area contributed by atoms with Gasteiger partial charge in [0, 0.05) is 16.8 Å². The van der Waals surface area contributed by atoms with Crippen LogP contribution in [-0.2, 0) is 11.3 Å². The Bertz CT molecular complexity index is 880. The van der Waals surface area contributed by atoms with Crippen molar-refractivity contribution < 1.29 is 14.1 Å². The number of carbonyl (C=O) groups is 1. The predicted molar refractivity (Wildman–Crippen MR) is 102 cm³/mol. The molecule has 0 spiro atoms. The minimum Gasteiger partial charge on any atom is -0.326 e. The number of nitrogens with one attached hydrogen (secondary N) is 2. The minimum absolute atomic E-state index is 0.0952. The molecule has 0 radical (unpaired) electrons. The van der Waals surface area contributed by atoms with Gasteiger partial charge in [-0.3, -0.25) is 4.79 Å². The lowest BCUT2D eigenvalue weighted by Crippen LogP contribution is -3.08. The summed E-state index contributed by atoms with van der Waals surface area (Å²) in [6.45, 7) is 0.720. The van der Waals surface area contributed by atoms with Crippen LogP contribution in [0.3, 0.4) is 0 Å². The Morgan fingerprint density at radius 3 is 2.35 bits per heavy atom. The highest BCUT2D eigenvalue weighted by molar-refractivity contribution is 5.96. The third-order valence-corrected chi connectivity index (χ3v) is 4.20. The Labute approximate surface area is 153 Å². The zero-order valence-electron chi connectivity index (χ0n) is 14.7. The summed E-state index contributed by atoms with van der Waals surface area (Å²) in [5, 5.41) is 2.99. The van der Waals surface area contributed by atoms with Crippen molar-refractivity contribution in [2.24, 2.45) is 0 Å². The smallest absolute Gasteiger partial charge is 0.279 e. The number of benzene rings is 3. The van der Waals surface area contributed by atoms with E-state index in [1.165, 1.54) is 6.07 Å².